The zero-order valence-electron chi connectivity index (χ0n) is 70.1. The monoisotopic (exact) mass is 1960 g/mol. The molecule has 1 radical (unpaired) electrons. The minimum atomic E-state index is 0. The Labute approximate surface area is 774 Å². The number of aryl methyl sites for hydroxylation is 4. The van der Waals surface area contributed by atoms with Gasteiger partial charge in [-0.1, -0.05) is 384 Å². The van der Waals surface area contributed by atoms with E-state index in [4.69, 9.17) is 23.3 Å². The number of anilines is 1. The van der Waals surface area contributed by atoms with Crippen molar-refractivity contribution in [3.8, 4) is 152 Å². The van der Waals surface area contributed by atoms with Gasteiger partial charge in [-0.3, -0.25) is 14.0 Å². The predicted molar refractivity (Wildman–Crippen MR) is 520 cm³/mol. The molecule has 0 bridgehead atoms. The maximum Gasteiger partial charge on any atom is 0.247 e. The van der Waals surface area contributed by atoms with Gasteiger partial charge in [-0.15, -0.1) is 59.5 Å². The van der Waals surface area contributed by atoms with Crippen LogP contribution < -0.4 is 5.73 Å². The van der Waals surface area contributed by atoms with Crippen molar-refractivity contribution in [3.05, 3.63) is 468 Å². The van der Waals surface area contributed by atoms with E-state index in [9.17, 15) is 0 Å². The van der Waals surface area contributed by atoms with Gasteiger partial charge in [0, 0.05) is 103 Å². The van der Waals surface area contributed by atoms with Crippen LogP contribution in [0.2, 0.25) is 0 Å². The number of hydrogen-bond donors (Lipinski definition) is 1. The van der Waals surface area contributed by atoms with Gasteiger partial charge in [0.2, 0.25) is 11.8 Å². The van der Waals surface area contributed by atoms with Gasteiger partial charge in [-0.25, -0.2) is 4.85 Å². The van der Waals surface area contributed by atoms with Gasteiger partial charge in [0.25, 0.3) is 0 Å². The summed E-state index contributed by atoms with van der Waals surface area (Å²) >= 11 is 6.97. The van der Waals surface area contributed by atoms with Gasteiger partial charge in [0.15, 0.2) is 17.3 Å². The molecule has 0 fully saturated rings. The number of benzene rings is 16. The molecule has 0 unspecified atom stereocenters. The molecule has 0 aliphatic carbocycles. The normalized spacial score (nSPS) is 10.5. The van der Waals surface area contributed by atoms with Gasteiger partial charge in [-0.2, -0.15) is 11.2 Å². The number of nitrogens with two attached hydrogens (primary N) is 1. The van der Waals surface area contributed by atoms with Crippen molar-refractivity contribution in [1.82, 2.24) is 54.5 Å². The molecule has 20 aromatic rings. The first-order valence-corrected chi connectivity index (χ1v) is 42.6. The second kappa shape index (κ2) is 41.8. The van der Waals surface area contributed by atoms with Crippen LogP contribution in [0.5, 0.6) is 0 Å². The molecular weight excluding hydrogens is 1890 g/mol. The number of para-hydroxylation sites is 4. The molecule has 20 rings (SSSR count). The van der Waals surface area contributed by atoms with Crippen LogP contribution in [0, 0.1) is 46.9 Å². The summed E-state index contributed by atoms with van der Waals surface area (Å²) in [6.07, 6.45) is 0. The Bertz CT molecular complexity index is 6790. The molecule has 4 aromatic heterocycles. The molecule has 2 N–H and O–H groups in total. The van der Waals surface area contributed by atoms with Crippen LogP contribution in [0.15, 0.2) is 420 Å². The van der Waals surface area contributed by atoms with E-state index in [1.165, 1.54) is 0 Å². The summed E-state index contributed by atoms with van der Waals surface area (Å²) in [5.41, 5.74) is 32.8. The molecule has 0 amide bonds. The molecule has 15 nitrogen and oxygen atoms in total. The fourth-order valence-electron chi connectivity index (χ4n) is 15.2. The second-order valence-electron chi connectivity index (χ2n) is 29.4. The molecule has 4 heterocycles. The van der Waals surface area contributed by atoms with E-state index in [2.05, 4.69) is 308 Å². The van der Waals surface area contributed by atoms with E-state index in [1.54, 1.807) is 31.2 Å². The molecule has 0 aliphatic rings. The van der Waals surface area contributed by atoms with Crippen LogP contribution in [-0.4, -0.2) is 54.5 Å². The summed E-state index contributed by atoms with van der Waals surface area (Å²) in [5.74, 6) is 5.72. The molecule has 128 heavy (non-hydrogen) atoms. The quantitative estimate of drug-likeness (QED) is 0.0771. The van der Waals surface area contributed by atoms with Crippen molar-refractivity contribution in [1.29, 1.82) is 0 Å². The summed E-state index contributed by atoms with van der Waals surface area (Å²) in [6.45, 7) is 22.5. The van der Waals surface area contributed by atoms with Crippen LogP contribution in [0.3, 0.4) is 0 Å². The van der Waals surface area contributed by atoms with E-state index < -0.39 is 0 Å². The average molecular weight is 1970 g/mol. The van der Waals surface area contributed by atoms with E-state index in [0.717, 1.165) is 166 Å². The summed E-state index contributed by atoms with van der Waals surface area (Å²) in [5, 5.41) is 34.6. The average Bonchev–Trinajstić information content (AvgIpc) is 1.51. The van der Waals surface area contributed by atoms with E-state index in [1.807, 2.05) is 197 Å². The van der Waals surface area contributed by atoms with Crippen LogP contribution in [0.1, 0.15) is 23.4 Å². The van der Waals surface area contributed by atoms with E-state index in [0.29, 0.717) is 34.8 Å². The molecule has 0 atom stereocenters. The number of aromatic nitrogens is 11. The molecule has 621 valence electrons. The van der Waals surface area contributed by atoms with Gasteiger partial charge < -0.3 is 14.7 Å². The van der Waals surface area contributed by atoms with Crippen LogP contribution in [0.4, 0.5) is 17.1 Å². The van der Waals surface area contributed by atoms with Crippen molar-refractivity contribution in [2.45, 2.75) is 27.7 Å². The smallest absolute Gasteiger partial charge is 0.247 e. The Morgan fingerprint density at radius 1 is 0.281 bits per heavy atom. The number of halogens is 2. The first-order valence-electron chi connectivity index (χ1n) is 41.0. The SMILES string of the molecule is Cc1nnc(-c2cccc(Br)c2)n1-c1c(-c2ccccc2)cccc1-c1ccccc1.Cc1nnc(-c2cccc(Br)c2)o1.Nc1c(-c2ccccc2)cccc1-c1ccccc1.[C-]#[N+]c1cc[c-]c(-c2nnc(C)n2-c2c(-c3ccccc3)cccc2-c2ccccc2)c1.[C-]#[N+]c1cccc(-c2nnc(C)n2-c2c(-c3ccccc3)cccc2-c2ccccc2)c1.[Ir]. The first kappa shape index (κ1) is 87.4. The van der Waals surface area contributed by atoms with E-state index in [-0.39, 0.29) is 20.1 Å². The number of hydrogen-bond acceptors (Lipinski definition) is 10. The Balaban J connectivity index is 0.000000126. The standard InChI is InChI=1S/C28H20N4.C28H19N4.C27H20BrN3.C18H15N.C9H7BrN2O.Ir/c2*1-20-30-31-28(23-15-9-16-24(19-23)29-2)32(20)27-25(21-11-5-3-6-12-21)17-10-18-26(27)22-13-7-4-8-14-22;1-19-29-30-27(22-14-8-15-23(28)18-22)31(19)26-24(20-10-4-2-5-11-20)16-9-17-25(26)21-12-6-3-7-13-21;19-18-16(14-8-3-1-4-9-14)12-7-13-17(18)15-10-5-2-6-11-15;1-6-11-12-9(13-6)7-3-2-4-8(10)5-7;/h3-19H,1H3;3-14,16-19H,1H3;2-18H,1H3;1-13H,19H2;2-5H,1H3;/q;-1;;;;. The molecule has 0 aliphatic heterocycles. The van der Waals surface area contributed by atoms with Gasteiger partial charge >= 0.3 is 0 Å². The fraction of sp³-hybridized carbons (Fsp3) is 0.0364. The predicted octanol–water partition coefficient (Wildman–Crippen LogP) is 28.8. The minimum Gasteiger partial charge on any atom is -0.421 e. The van der Waals surface area contributed by atoms with Gasteiger partial charge in [-0.05, 0) is 102 Å². The van der Waals surface area contributed by atoms with E-state index >= 15 is 0 Å². The maximum absolute atomic E-state index is 7.40. The summed E-state index contributed by atoms with van der Waals surface area (Å²) in [4.78, 5) is 7.16. The van der Waals surface area contributed by atoms with Crippen LogP contribution in [0.25, 0.3) is 161 Å². The van der Waals surface area contributed by atoms with Crippen molar-refractivity contribution >= 4 is 48.9 Å². The first-order chi connectivity index (χ1) is 62.4. The molecule has 0 saturated heterocycles. The number of rotatable bonds is 15. The van der Waals surface area contributed by atoms with Crippen molar-refractivity contribution in [2.24, 2.45) is 0 Å². The van der Waals surface area contributed by atoms with Gasteiger partial charge in [0.05, 0.1) is 36.0 Å². The molecular formula is C110H81Br2IrN14O-. The summed E-state index contributed by atoms with van der Waals surface area (Å²) < 4.78 is 13.6. The van der Waals surface area contributed by atoms with Crippen molar-refractivity contribution in [2.75, 3.05) is 5.73 Å². The largest absolute Gasteiger partial charge is 0.421 e. The van der Waals surface area contributed by atoms with Crippen molar-refractivity contribution in [3.63, 3.8) is 0 Å². The van der Waals surface area contributed by atoms with Gasteiger partial charge in [0.1, 0.15) is 23.2 Å². The third-order valence-electron chi connectivity index (χ3n) is 21.1. The number of nitrogens with zero attached hydrogens (tertiary/aromatic N) is 13. The molecule has 18 heteroatoms. The zero-order valence-corrected chi connectivity index (χ0v) is 75.6. The Morgan fingerprint density at radius 2 is 0.555 bits per heavy atom. The topological polar surface area (TPSA) is 166 Å². The Morgan fingerprint density at radius 3 is 0.883 bits per heavy atom. The van der Waals surface area contributed by atoms with Crippen molar-refractivity contribution < 1.29 is 24.5 Å². The number of nitrogen functional groups attached to an aromatic ring is 1. The maximum atomic E-state index is 7.40. The summed E-state index contributed by atoms with van der Waals surface area (Å²) in [6, 6.07) is 140. The van der Waals surface area contributed by atoms with Crippen LogP contribution in [-0.2, 0) is 20.1 Å². The molecule has 0 spiro atoms. The second-order valence-corrected chi connectivity index (χ2v) is 31.2. The third-order valence-corrected chi connectivity index (χ3v) is 22.1. The summed E-state index contributed by atoms with van der Waals surface area (Å²) in [7, 11) is 0. The Kier molecular flexibility index (Phi) is 28.5. The Hall–Kier alpha value is -15.5. The molecule has 16 aromatic carbocycles. The molecule has 0 saturated carbocycles. The third kappa shape index (κ3) is 20.1. The fourth-order valence-corrected chi connectivity index (χ4v) is 16.0. The zero-order chi connectivity index (χ0) is 87.4. The minimum absolute atomic E-state index is 0. The van der Waals surface area contributed by atoms with Crippen LogP contribution >= 0.6 is 31.9 Å².